The molecule has 0 saturated carbocycles. The molecule has 9 heteroatoms. The van der Waals surface area contributed by atoms with Crippen LogP contribution >= 0.6 is 11.8 Å². The van der Waals surface area contributed by atoms with Crippen LogP contribution in [0.1, 0.15) is 27.6 Å². The topological polar surface area (TPSA) is 111 Å². The molecular formula is C20H19NO7S. The summed E-state index contributed by atoms with van der Waals surface area (Å²) in [6.07, 6.45) is -1.00. The Morgan fingerprint density at radius 1 is 0.966 bits per heavy atom. The Morgan fingerprint density at radius 3 is 2.03 bits per heavy atom. The Labute approximate surface area is 171 Å². The summed E-state index contributed by atoms with van der Waals surface area (Å²) >= 11 is 1.45. The molecule has 0 radical (unpaired) electrons. The van der Waals surface area contributed by atoms with Crippen molar-refractivity contribution >= 4 is 35.4 Å². The second-order valence-electron chi connectivity index (χ2n) is 5.56. The van der Waals surface area contributed by atoms with Crippen LogP contribution in [-0.4, -0.2) is 49.0 Å². The van der Waals surface area contributed by atoms with Gasteiger partial charge in [-0.25, -0.2) is 9.59 Å². The van der Waals surface area contributed by atoms with Gasteiger partial charge in [0.15, 0.2) is 0 Å². The van der Waals surface area contributed by atoms with Crippen LogP contribution in [0.2, 0.25) is 0 Å². The van der Waals surface area contributed by atoms with Crippen LogP contribution in [0, 0.1) is 0 Å². The number of ether oxygens (including phenoxy) is 2. The molecule has 2 aromatic carbocycles. The average molecular weight is 417 g/mol. The molecular weight excluding hydrogens is 398 g/mol. The fourth-order valence-electron chi connectivity index (χ4n) is 2.08. The Kier molecular flexibility index (Phi) is 8.38. The quantitative estimate of drug-likeness (QED) is 0.229. The number of hydrogen-bond acceptors (Lipinski definition) is 9. The van der Waals surface area contributed by atoms with Gasteiger partial charge >= 0.3 is 12.1 Å². The van der Waals surface area contributed by atoms with Gasteiger partial charge in [0.05, 0.1) is 19.3 Å². The van der Waals surface area contributed by atoms with Crippen molar-refractivity contribution in [3.8, 4) is 0 Å². The van der Waals surface area contributed by atoms with E-state index < -0.39 is 12.1 Å². The van der Waals surface area contributed by atoms with E-state index in [4.69, 9.17) is 9.84 Å². The monoisotopic (exact) mass is 417 g/mol. The fourth-order valence-corrected chi connectivity index (χ4v) is 2.90. The van der Waals surface area contributed by atoms with Gasteiger partial charge in [0.1, 0.15) is 12.3 Å². The van der Waals surface area contributed by atoms with Gasteiger partial charge in [0, 0.05) is 15.4 Å². The lowest BCUT2D eigenvalue weighted by atomic mass is 10.1. The van der Waals surface area contributed by atoms with E-state index in [-0.39, 0.29) is 24.7 Å². The maximum absolute atomic E-state index is 12.3. The summed E-state index contributed by atoms with van der Waals surface area (Å²) in [5, 5.41) is 12.1. The van der Waals surface area contributed by atoms with Crippen LogP contribution in [0.15, 0.2) is 63.5 Å². The molecule has 0 fully saturated rings. The van der Waals surface area contributed by atoms with Crippen molar-refractivity contribution in [2.75, 3.05) is 20.3 Å². The number of ketones is 1. The van der Waals surface area contributed by atoms with Gasteiger partial charge in [-0.3, -0.25) is 9.63 Å². The van der Waals surface area contributed by atoms with E-state index in [0.29, 0.717) is 11.1 Å². The zero-order valence-electron chi connectivity index (χ0n) is 15.8. The highest BCUT2D eigenvalue weighted by molar-refractivity contribution is 7.99. The summed E-state index contributed by atoms with van der Waals surface area (Å²) in [6, 6.07) is 13.7. The minimum absolute atomic E-state index is 0.0134. The summed E-state index contributed by atoms with van der Waals surface area (Å²) in [5.41, 5.74) is 0.804. The number of aliphatic hydroxyl groups is 1. The number of oxime groups is 1. The number of esters is 1. The molecule has 0 amide bonds. The highest BCUT2D eigenvalue weighted by Crippen LogP contribution is 2.28. The maximum atomic E-state index is 12.3. The lowest BCUT2D eigenvalue weighted by Crippen LogP contribution is -2.12. The fraction of sp³-hybridized carbons (Fsp3) is 0.200. The van der Waals surface area contributed by atoms with Crippen LogP contribution in [0.25, 0.3) is 0 Å². The molecule has 0 heterocycles. The van der Waals surface area contributed by atoms with Gasteiger partial charge < -0.3 is 14.6 Å². The number of nitrogens with zero attached hydrogens (tertiary/aromatic N) is 1. The number of Topliss-reactive ketones (excluding diaryl/α,β-unsaturated/α-hetero) is 1. The first-order valence-electron chi connectivity index (χ1n) is 8.45. The van der Waals surface area contributed by atoms with E-state index in [2.05, 4.69) is 14.7 Å². The van der Waals surface area contributed by atoms with Crippen molar-refractivity contribution in [2.45, 2.75) is 16.7 Å². The number of methoxy groups -OCH3 is 1. The third kappa shape index (κ3) is 6.74. The van der Waals surface area contributed by atoms with Crippen molar-refractivity contribution in [3.05, 3.63) is 59.7 Å². The van der Waals surface area contributed by atoms with E-state index in [1.165, 1.54) is 18.7 Å². The summed E-state index contributed by atoms with van der Waals surface area (Å²) in [4.78, 5) is 41.1. The average Bonchev–Trinajstić information content (AvgIpc) is 2.76. The summed E-state index contributed by atoms with van der Waals surface area (Å²) in [7, 11) is 1.14. The molecule has 1 N–H and O–H groups in total. The van der Waals surface area contributed by atoms with Crippen LogP contribution in [0.3, 0.4) is 0 Å². The third-order valence-electron chi connectivity index (χ3n) is 3.52. The van der Waals surface area contributed by atoms with Crippen LogP contribution in [0.4, 0.5) is 4.79 Å². The summed E-state index contributed by atoms with van der Waals surface area (Å²) in [5.74, 6) is -0.872. The van der Waals surface area contributed by atoms with Gasteiger partial charge in [-0.1, -0.05) is 16.9 Å². The minimum atomic E-state index is -1.00. The third-order valence-corrected chi connectivity index (χ3v) is 4.53. The summed E-state index contributed by atoms with van der Waals surface area (Å²) in [6.45, 7) is 1.17. The second-order valence-corrected chi connectivity index (χ2v) is 6.71. The first kappa shape index (κ1) is 22.1. The molecule has 0 bridgehead atoms. The van der Waals surface area contributed by atoms with Crippen molar-refractivity contribution in [1.29, 1.82) is 0 Å². The van der Waals surface area contributed by atoms with Crippen molar-refractivity contribution in [1.82, 2.24) is 0 Å². The Hall–Kier alpha value is -3.17. The number of aliphatic hydroxyl groups excluding tert-OH is 1. The van der Waals surface area contributed by atoms with Crippen LogP contribution in [0.5, 0.6) is 0 Å². The van der Waals surface area contributed by atoms with Gasteiger partial charge in [-0.05, 0) is 55.5 Å². The van der Waals surface area contributed by atoms with Gasteiger partial charge in [-0.2, -0.15) is 0 Å². The molecule has 152 valence electrons. The SMILES string of the molecule is COC(=O)ON=C(C)C(=O)c1ccc(Sc2ccc(C(=O)OCCO)cc2)cc1. The molecule has 0 unspecified atom stereocenters. The van der Waals surface area contributed by atoms with Gasteiger partial charge in [-0.15, -0.1) is 0 Å². The van der Waals surface area contributed by atoms with E-state index in [0.717, 1.165) is 16.9 Å². The Balaban J connectivity index is 1.99. The lowest BCUT2D eigenvalue weighted by Gasteiger charge is -2.06. The molecule has 0 aromatic heterocycles. The number of rotatable bonds is 8. The summed E-state index contributed by atoms with van der Waals surface area (Å²) < 4.78 is 9.13. The number of carbonyl (C=O) groups is 3. The van der Waals surface area contributed by atoms with E-state index >= 15 is 0 Å². The Morgan fingerprint density at radius 2 is 1.52 bits per heavy atom. The van der Waals surface area contributed by atoms with E-state index in [1.54, 1.807) is 48.5 Å². The molecule has 0 aliphatic rings. The molecule has 0 atom stereocenters. The van der Waals surface area contributed by atoms with Crippen LogP contribution in [-0.2, 0) is 14.3 Å². The molecule has 2 aromatic rings. The standard InChI is InChI=1S/C20H19NO7S/c1-13(21-28-20(25)26-2)18(23)14-3-7-16(8-4-14)29-17-9-5-15(6-10-17)19(24)27-12-11-22/h3-10,22H,11-12H2,1-2H3. The maximum Gasteiger partial charge on any atom is 0.534 e. The zero-order valence-corrected chi connectivity index (χ0v) is 16.6. The van der Waals surface area contributed by atoms with Gasteiger partial charge in [0.25, 0.3) is 0 Å². The first-order valence-corrected chi connectivity index (χ1v) is 9.26. The van der Waals surface area contributed by atoms with Crippen molar-refractivity contribution < 1.29 is 33.8 Å². The minimum Gasteiger partial charge on any atom is -0.460 e. The molecule has 0 spiro atoms. The Bertz CT molecular complexity index is 892. The van der Waals surface area contributed by atoms with E-state index in [9.17, 15) is 14.4 Å². The predicted octanol–water partition coefficient (Wildman–Crippen LogP) is 3.33. The highest BCUT2D eigenvalue weighted by atomic mass is 32.2. The lowest BCUT2D eigenvalue weighted by molar-refractivity contribution is 0.0433. The number of benzene rings is 2. The number of carbonyl (C=O) groups excluding carboxylic acids is 3. The molecule has 8 nitrogen and oxygen atoms in total. The highest BCUT2D eigenvalue weighted by Gasteiger charge is 2.12. The molecule has 0 aliphatic heterocycles. The molecule has 29 heavy (non-hydrogen) atoms. The molecule has 0 aliphatic carbocycles. The largest absolute Gasteiger partial charge is 0.534 e. The van der Waals surface area contributed by atoms with E-state index in [1.807, 2.05) is 0 Å². The second kappa shape index (κ2) is 11.0. The van der Waals surface area contributed by atoms with Crippen molar-refractivity contribution in [2.24, 2.45) is 5.16 Å². The number of hydrogen-bond donors (Lipinski definition) is 1. The van der Waals surface area contributed by atoms with Crippen LogP contribution < -0.4 is 0 Å². The normalized spacial score (nSPS) is 10.9. The van der Waals surface area contributed by atoms with Crippen molar-refractivity contribution in [3.63, 3.8) is 0 Å². The zero-order chi connectivity index (χ0) is 21.2. The predicted molar refractivity (Wildman–Crippen MR) is 105 cm³/mol. The molecule has 0 saturated heterocycles. The van der Waals surface area contributed by atoms with Gasteiger partial charge in [0.2, 0.25) is 5.78 Å². The first-order chi connectivity index (χ1) is 13.9. The smallest absolute Gasteiger partial charge is 0.460 e. The molecule has 2 rings (SSSR count).